The third kappa shape index (κ3) is 3.27. The minimum absolute atomic E-state index is 0.00127. The van der Waals surface area contributed by atoms with Crippen LogP contribution in [0, 0.1) is 5.92 Å². The average Bonchev–Trinajstić information content (AvgIpc) is 3.18. The van der Waals surface area contributed by atoms with E-state index in [-0.39, 0.29) is 17.9 Å². The van der Waals surface area contributed by atoms with Crippen LogP contribution in [0.5, 0.6) is 0 Å². The number of carbonyl (C=O) groups excluding carboxylic acids is 2. The van der Waals surface area contributed by atoms with Crippen LogP contribution >= 0.6 is 11.3 Å². The molecule has 3 rings (SSSR count). The molecule has 0 saturated carbocycles. The molecule has 0 spiro atoms. The Hall–Kier alpha value is -1.40. The molecule has 1 aromatic rings. The molecular formula is C15H21N3O2S. The van der Waals surface area contributed by atoms with Gasteiger partial charge in [-0.3, -0.25) is 9.59 Å². The smallest absolute Gasteiger partial charge is 0.263 e. The molecule has 1 aromatic heterocycles. The molecule has 3 heterocycles. The van der Waals surface area contributed by atoms with Crippen molar-refractivity contribution in [2.45, 2.75) is 32.2 Å². The molecule has 0 radical (unpaired) electrons. The van der Waals surface area contributed by atoms with E-state index in [1.165, 1.54) is 11.3 Å². The Bertz CT molecular complexity index is 537. The molecule has 114 valence electrons. The monoisotopic (exact) mass is 307 g/mol. The summed E-state index contributed by atoms with van der Waals surface area (Å²) in [4.78, 5) is 27.0. The molecule has 21 heavy (non-hydrogen) atoms. The van der Waals surface area contributed by atoms with Gasteiger partial charge in [0.25, 0.3) is 5.91 Å². The highest BCUT2D eigenvalue weighted by atomic mass is 32.1. The Labute approximate surface area is 128 Å². The summed E-state index contributed by atoms with van der Waals surface area (Å²) >= 11 is 1.36. The number of hydrogen-bond acceptors (Lipinski definition) is 4. The zero-order chi connectivity index (χ0) is 14.8. The molecule has 0 unspecified atom stereocenters. The molecule has 2 N–H and O–H groups in total. The van der Waals surface area contributed by atoms with E-state index in [1.807, 2.05) is 17.0 Å². The fourth-order valence-corrected chi connectivity index (χ4v) is 3.79. The second-order valence-electron chi connectivity index (χ2n) is 5.95. The Morgan fingerprint density at radius 2 is 2.10 bits per heavy atom. The summed E-state index contributed by atoms with van der Waals surface area (Å²) in [5.74, 6) is 0.628. The summed E-state index contributed by atoms with van der Waals surface area (Å²) in [5, 5.41) is 6.89. The van der Waals surface area contributed by atoms with Crippen molar-refractivity contribution in [3.05, 3.63) is 17.0 Å². The number of rotatable bonds is 3. The van der Waals surface area contributed by atoms with Crippen LogP contribution in [0.1, 0.15) is 35.9 Å². The lowest BCUT2D eigenvalue weighted by Crippen LogP contribution is -2.35. The van der Waals surface area contributed by atoms with E-state index in [2.05, 4.69) is 17.6 Å². The Morgan fingerprint density at radius 3 is 2.76 bits per heavy atom. The average molecular weight is 307 g/mol. The highest BCUT2D eigenvalue weighted by molar-refractivity contribution is 7.18. The number of nitrogens with zero attached hydrogens (tertiary/aromatic N) is 1. The second kappa shape index (κ2) is 6.15. The van der Waals surface area contributed by atoms with Gasteiger partial charge in [-0.05, 0) is 43.9 Å². The van der Waals surface area contributed by atoms with Crippen LogP contribution in [-0.2, 0) is 4.79 Å². The molecule has 2 atom stereocenters. The fraction of sp³-hybridized carbons (Fsp3) is 0.600. The van der Waals surface area contributed by atoms with Crippen LogP contribution in [-0.4, -0.2) is 42.4 Å². The van der Waals surface area contributed by atoms with Gasteiger partial charge in [-0.1, -0.05) is 6.92 Å². The molecular weight excluding hydrogens is 286 g/mol. The van der Waals surface area contributed by atoms with Gasteiger partial charge < -0.3 is 15.5 Å². The molecule has 0 aliphatic carbocycles. The van der Waals surface area contributed by atoms with E-state index in [4.69, 9.17) is 0 Å². The highest BCUT2D eigenvalue weighted by Gasteiger charge is 2.27. The maximum Gasteiger partial charge on any atom is 0.263 e. The topological polar surface area (TPSA) is 61.4 Å². The van der Waals surface area contributed by atoms with Crippen molar-refractivity contribution in [3.8, 4) is 0 Å². The van der Waals surface area contributed by atoms with Gasteiger partial charge in [-0.15, -0.1) is 11.3 Å². The summed E-state index contributed by atoms with van der Waals surface area (Å²) in [6.07, 6.45) is 3.05. The Kier molecular flexibility index (Phi) is 4.26. The zero-order valence-corrected chi connectivity index (χ0v) is 13.0. The van der Waals surface area contributed by atoms with Gasteiger partial charge in [-0.25, -0.2) is 0 Å². The van der Waals surface area contributed by atoms with E-state index in [0.717, 1.165) is 43.9 Å². The lowest BCUT2D eigenvalue weighted by molar-refractivity contribution is -0.117. The molecule has 2 aliphatic rings. The van der Waals surface area contributed by atoms with Crippen LogP contribution in [0.3, 0.4) is 0 Å². The fourth-order valence-electron chi connectivity index (χ4n) is 2.92. The maximum atomic E-state index is 12.3. The van der Waals surface area contributed by atoms with Crippen molar-refractivity contribution in [2.75, 3.05) is 25.0 Å². The number of thiophene rings is 1. The molecule has 2 fully saturated rings. The lowest BCUT2D eigenvalue weighted by atomic mass is 10.1. The SMILES string of the molecule is C[C@@H]1CN[C@H](C(=O)Nc2ccc(C(=O)N3CCCC3)s2)C1. The predicted octanol–water partition coefficient (Wildman–Crippen LogP) is 1.92. The van der Waals surface area contributed by atoms with Crippen molar-refractivity contribution >= 4 is 28.2 Å². The van der Waals surface area contributed by atoms with Gasteiger partial charge >= 0.3 is 0 Å². The quantitative estimate of drug-likeness (QED) is 0.897. The van der Waals surface area contributed by atoms with E-state index < -0.39 is 0 Å². The Balaban J connectivity index is 1.59. The van der Waals surface area contributed by atoms with Gasteiger partial charge in [0.15, 0.2) is 0 Å². The highest BCUT2D eigenvalue weighted by Crippen LogP contribution is 2.25. The summed E-state index contributed by atoms with van der Waals surface area (Å²) in [6.45, 7) is 4.73. The van der Waals surface area contributed by atoms with E-state index in [9.17, 15) is 9.59 Å². The van der Waals surface area contributed by atoms with Gasteiger partial charge in [0.1, 0.15) is 0 Å². The van der Waals surface area contributed by atoms with E-state index >= 15 is 0 Å². The van der Waals surface area contributed by atoms with Gasteiger partial charge in [0.2, 0.25) is 5.91 Å². The van der Waals surface area contributed by atoms with Crippen LogP contribution in [0.15, 0.2) is 12.1 Å². The van der Waals surface area contributed by atoms with Crippen molar-refractivity contribution in [2.24, 2.45) is 5.92 Å². The van der Waals surface area contributed by atoms with Crippen molar-refractivity contribution in [1.29, 1.82) is 0 Å². The van der Waals surface area contributed by atoms with Crippen molar-refractivity contribution < 1.29 is 9.59 Å². The van der Waals surface area contributed by atoms with Crippen LogP contribution in [0.2, 0.25) is 0 Å². The van der Waals surface area contributed by atoms with E-state index in [1.54, 1.807) is 0 Å². The lowest BCUT2D eigenvalue weighted by Gasteiger charge is -2.13. The third-order valence-electron chi connectivity index (χ3n) is 4.12. The summed E-state index contributed by atoms with van der Waals surface area (Å²) in [7, 11) is 0. The van der Waals surface area contributed by atoms with Gasteiger partial charge in [0.05, 0.1) is 15.9 Å². The van der Waals surface area contributed by atoms with Gasteiger partial charge in [0, 0.05) is 13.1 Å². The predicted molar refractivity (Wildman–Crippen MR) is 83.7 cm³/mol. The van der Waals surface area contributed by atoms with Crippen molar-refractivity contribution in [3.63, 3.8) is 0 Å². The Morgan fingerprint density at radius 1 is 1.33 bits per heavy atom. The van der Waals surface area contributed by atoms with Crippen LogP contribution in [0.25, 0.3) is 0 Å². The molecule has 2 saturated heterocycles. The number of hydrogen-bond donors (Lipinski definition) is 2. The first kappa shape index (κ1) is 14.5. The first-order valence-electron chi connectivity index (χ1n) is 7.57. The molecule has 5 nitrogen and oxygen atoms in total. The zero-order valence-electron chi connectivity index (χ0n) is 12.2. The first-order chi connectivity index (χ1) is 10.1. The first-order valence-corrected chi connectivity index (χ1v) is 8.38. The number of anilines is 1. The normalized spacial score (nSPS) is 25.3. The van der Waals surface area contributed by atoms with Gasteiger partial charge in [-0.2, -0.15) is 0 Å². The summed E-state index contributed by atoms with van der Waals surface area (Å²) in [5.41, 5.74) is 0. The number of likely N-dealkylation sites (tertiary alicyclic amines) is 1. The largest absolute Gasteiger partial charge is 0.338 e. The summed E-state index contributed by atoms with van der Waals surface area (Å²) in [6, 6.07) is 3.52. The maximum absolute atomic E-state index is 12.3. The second-order valence-corrected chi connectivity index (χ2v) is 7.04. The molecule has 2 aliphatic heterocycles. The van der Waals surface area contributed by atoms with Crippen LogP contribution < -0.4 is 10.6 Å². The number of nitrogens with one attached hydrogen (secondary N) is 2. The molecule has 0 bridgehead atoms. The van der Waals surface area contributed by atoms with E-state index in [0.29, 0.717) is 10.8 Å². The minimum atomic E-state index is -0.111. The number of amides is 2. The van der Waals surface area contributed by atoms with Crippen LogP contribution in [0.4, 0.5) is 5.00 Å². The third-order valence-corrected chi connectivity index (χ3v) is 5.11. The summed E-state index contributed by atoms with van der Waals surface area (Å²) < 4.78 is 0. The van der Waals surface area contributed by atoms with Crippen molar-refractivity contribution in [1.82, 2.24) is 10.2 Å². The molecule has 0 aromatic carbocycles. The molecule has 6 heteroatoms. The standard InChI is InChI=1S/C15H21N3O2S/c1-10-8-11(16-9-10)14(19)17-13-5-4-12(21-13)15(20)18-6-2-3-7-18/h4-5,10-11,16H,2-3,6-9H2,1H3,(H,17,19)/t10-,11-/m0/s1. The molecule has 2 amide bonds. The number of carbonyl (C=O) groups is 2. The minimum Gasteiger partial charge on any atom is -0.338 e.